The van der Waals surface area contributed by atoms with Crippen LogP contribution in [0.3, 0.4) is 0 Å². The van der Waals surface area contributed by atoms with E-state index in [1.807, 2.05) is 36.4 Å². The molecule has 0 fully saturated rings. The molecule has 0 aliphatic rings. The average molecular weight is 264 g/mol. The first kappa shape index (κ1) is 12.3. The maximum atomic E-state index is 6.09. The maximum absolute atomic E-state index is 6.09. The summed E-state index contributed by atoms with van der Waals surface area (Å²) in [7, 11) is 0. The van der Waals surface area contributed by atoms with Crippen molar-refractivity contribution < 1.29 is 0 Å². The fraction of sp³-hybridized carbons (Fsp3) is 0.143. The number of nitrogen functional groups attached to an aromatic ring is 1. The van der Waals surface area contributed by atoms with Crippen molar-refractivity contribution in [2.24, 2.45) is 0 Å². The Morgan fingerprint density at radius 2 is 1.71 bits per heavy atom. The summed E-state index contributed by atoms with van der Waals surface area (Å²) in [5.74, 6) is 0. The molecule has 17 heavy (non-hydrogen) atoms. The molecule has 1 nitrogen and oxygen atoms in total. The van der Waals surface area contributed by atoms with Crippen LogP contribution in [-0.4, -0.2) is 0 Å². The molecule has 2 N–H and O–H groups in total. The van der Waals surface area contributed by atoms with Gasteiger partial charge in [0.05, 0.1) is 0 Å². The molecule has 0 saturated heterocycles. The van der Waals surface area contributed by atoms with Gasteiger partial charge in [-0.15, -0.1) is 0 Å². The second kappa shape index (κ2) is 5.48. The van der Waals surface area contributed by atoms with E-state index in [1.165, 1.54) is 15.4 Å². The van der Waals surface area contributed by atoms with Crippen LogP contribution in [0.5, 0.6) is 0 Å². The van der Waals surface area contributed by atoms with Crippen molar-refractivity contribution in [1.29, 1.82) is 0 Å². The van der Waals surface area contributed by atoms with Gasteiger partial charge in [-0.3, -0.25) is 0 Å². The highest BCUT2D eigenvalue weighted by molar-refractivity contribution is 7.99. The number of rotatable bonds is 3. The van der Waals surface area contributed by atoms with Crippen LogP contribution in [0.1, 0.15) is 12.5 Å². The minimum absolute atomic E-state index is 0.791. The summed E-state index contributed by atoms with van der Waals surface area (Å²) in [5.41, 5.74) is 7.64. The highest BCUT2D eigenvalue weighted by Crippen LogP contribution is 2.31. The van der Waals surface area contributed by atoms with Gasteiger partial charge in [0.15, 0.2) is 0 Å². The molecule has 3 heteroatoms. The Balaban J connectivity index is 2.21. The van der Waals surface area contributed by atoms with Crippen molar-refractivity contribution in [3.05, 3.63) is 53.1 Å². The fourth-order valence-electron chi connectivity index (χ4n) is 1.56. The zero-order chi connectivity index (χ0) is 12.3. The molecule has 88 valence electrons. The summed E-state index contributed by atoms with van der Waals surface area (Å²) < 4.78 is 0. The zero-order valence-corrected chi connectivity index (χ0v) is 11.2. The van der Waals surface area contributed by atoms with Crippen molar-refractivity contribution in [3.8, 4) is 0 Å². The molecule has 0 bridgehead atoms. The first-order valence-corrected chi connectivity index (χ1v) is 6.70. The van der Waals surface area contributed by atoms with Gasteiger partial charge in [-0.25, -0.2) is 0 Å². The van der Waals surface area contributed by atoms with E-state index < -0.39 is 0 Å². The number of benzene rings is 2. The van der Waals surface area contributed by atoms with Crippen LogP contribution in [0.2, 0.25) is 5.02 Å². The van der Waals surface area contributed by atoms with Crippen LogP contribution in [0, 0.1) is 0 Å². The van der Waals surface area contributed by atoms with Gasteiger partial charge in [0.1, 0.15) is 0 Å². The molecule has 0 aliphatic heterocycles. The lowest BCUT2D eigenvalue weighted by Crippen LogP contribution is -1.84. The fourth-order valence-corrected chi connectivity index (χ4v) is 2.69. The number of hydrogen-bond acceptors (Lipinski definition) is 2. The Labute approximate surface area is 111 Å². The lowest BCUT2D eigenvalue weighted by molar-refractivity contribution is 1.12. The lowest BCUT2D eigenvalue weighted by atomic mass is 10.2. The third kappa shape index (κ3) is 3.18. The van der Waals surface area contributed by atoms with Gasteiger partial charge < -0.3 is 5.73 Å². The Morgan fingerprint density at radius 1 is 1.06 bits per heavy atom. The molecule has 0 amide bonds. The van der Waals surface area contributed by atoms with E-state index in [1.54, 1.807) is 11.8 Å². The molecule has 0 aromatic heterocycles. The van der Waals surface area contributed by atoms with Crippen molar-refractivity contribution in [1.82, 2.24) is 0 Å². The number of nitrogens with two attached hydrogens (primary N) is 1. The summed E-state index contributed by atoms with van der Waals surface area (Å²) >= 11 is 7.81. The third-order valence-electron chi connectivity index (χ3n) is 2.51. The number of halogens is 1. The standard InChI is InChI=1S/C14H14ClNS/c1-2-10-9-13(7-8-14(10)15)17-12-5-3-11(16)4-6-12/h3-9H,2,16H2,1H3. The Hall–Kier alpha value is -1.12. The van der Waals surface area contributed by atoms with Crippen LogP contribution in [-0.2, 0) is 6.42 Å². The summed E-state index contributed by atoms with van der Waals surface area (Å²) in [5, 5.41) is 0.842. The molecule has 2 aromatic rings. The molecule has 0 spiro atoms. The van der Waals surface area contributed by atoms with E-state index in [2.05, 4.69) is 13.0 Å². The molecule has 0 atom stereocenters. The summed E-state index contributed by atoms with van der Waals surface area (Å²) in [6.07, 6.45) is 0.953. The quantitative estimate of drug-likeness (QED) is 0.817. The largest absolute Gasteiger partial charge is 0.399 e. The number of aryl methyl sites for hydroxylation is 1. The van der Waals surface area contributed by atoms with E-state index in [0.29, 0.717) is 0 Å². The zero-order valence-electron chi connectivity index (χ0n) is 9.61. The summed E-state index contributed by atoms with van der Waals surface area (Å²) in [6, 6.07) is 14.0. The van der Waals surface area contributed by atoms with Crippen LogP contribution >= 0.6 is 23.4 Å². The highest BCUT2D eigenvalue weighted by Gasteiger charge is 2.02. The van der Waals surface area contributed by atoms with E-state index in [4.69, 9.17) is 17.3 Å². The van der Waals surface area contributed by atoms with E-state index in [9.17, 15) is 0 Å². The normalized spacial score (nSPS) is 10.5. The molecule has 0 heterocycles. The first-order chi connectivity index (χ1) is 8.19. The Kier molecular flexibility index (Phi) is 3.97. The van der Waals surface area contributed by atoms with Gasteiger partial charge >= 0.3 is 0 Å². The van der Waals surface area contributed by atoms with Crippen molar-refractivity contribution in [3.63, 3.8) is 0 Å². The van der Waals surface area contributed by atoms with Gasteiger partial charge in [-0.1, -0.05) is 30.3 Å². The minimum atomic E-state index is 0.791. The SMILES string of the molecule is CCc1cc(Sc2ccc(N)cc2)ccc1Cl. The van der Waals surface area contributed by atoms with Gasteiger partial charge in [-0.2, -0.15) is 0 Å². The molecular weight excluding hydrogens is 250 g/mol. The van der Waals surface area contributed by atoms with Crippen LogP contribution in [0.4, 0.5) is 5.69 Å². The smallest absolute Gasteiger partial charge is 0.0438 e. The van der Waals surface area contributed by atoms with Gasteiger partial charge in [-0.05, 0) is 54.4 Å². The topological polar surface area (TPSA) is 26.0 Å². The Bertz CT molecular complexity index is 508. The molecule has 0 radical (unpaired) electrons. The predicted octanol–water partition coefficient (Wildman–Crippen LogP) is 4.64. The van der Waals surface area contributed by atoms with E-state index in [-0.39, 0.29) is 0 Å². The van der Waals surface area contributed by atoms with Gasteiger partial charge in [0.2, 0.25) is 0 Å². The van der Waals surface area contributed by atoms with Crippen LogP contribution < -0.4 is 5.73 Å². The predicted molar refractivity (Wildman–Crippen MR) is 75.8 cm³/mol. The second-order valence-electron chi connectivity index (χ2n) is 3.78. The number of anilines is 1. The van der Waals surface area contributed by atoms with Crippen molar-refractivity contribution >= 4 is 29.1 Å². The highest BCUT2D eigenvalue weighted by atomic mass is 35.5. The molecular formula is C14H14ClNS. The minimum Gasteiger partial charge on any atom is -0.399 e. The van der Waals surface area contributed by atoms with E-state index >= 15 is 0 Å². The molecule has 2 aromatic carbocycles. The first-order valence-electron chi connectivity index (χ1n) is 5.51. The number of hydrogen-bond donors (Lipinski definition) is 1. The van der Waals surface area contributed by atoms with Crippen LogP contribution in [0.25, 0.3) is 0 Å². The maximum Gasteiger partial charge on any atom is 0.0438 e. The van der Waals surface area contributed by atoms with Crippen molar-refractivity contribution in [2.75, 3.05) is 5.73 Å². The second-order valence-corrected chi connectivity index (χ2v) is 5.33. The summed E-state index contributed by atoms with van der Waals surface area (Å²) in [4.78, 5) is 2.39. The van der Waals surface area contributed by atoms with Gasteiger partial charge in [0.25, 0.3) is 0 Å². The van der Waals surface area contributed by atoms with Crippen LogP contribution in [0.15, 0.2) is 52.3 Å². The lowest BCUT2D eigenvalue weighted by Gasteiger charge is -2.06. The average Bonchev–Trinajstić information content (AvgIpc) is 2.34. The molecule has 0 unspecified atom stereocenters. The molecule has 0 saturated carbocycles. The van der Waals surface area contributed by atoms with Crippen molar-refractivity contribution in [2.45, 2.75) is 23.1 Å². The Morgan fingerprint density at radius 3 is 2.35 bits per heavy atom. The summed E-state index contributed by atoms with van der Waals surface area (Å²) in [6.45, 7) is 2.11. The van der Waals surface area contributed by atoms with Gasteiger partial charge in [0, 0.05) is 20.5 Å². The van der Waals surface area contributed by atoms with E-state index in [0.717, 1.165) is 17.1 Å². The third-order valence-corrected chi connectivity index (χ3v) is 3.88. The monoisotopic (exact) mass is 263 g/mol. The molecule has 0 aliphatic carbocycles. The molecule has 2 rings (SSSR count).